The Bertz CT molecular complexity index is 578. The van der Waals surface area contributed by atoms with Crippen LogP contribution < -0.4 is 10.6 Å². The van der Waals surface area contributed by atoms with E-state index in [1.165, 1.54) is 43.5 Å². The standard InChI is InChI=1S/C22H39N5.HI/c1-5-26(4)18-21-12-8-11-20(16-21)17-25-22(23-3)24-13-9-15-27-14-7-6-10-19(27)2;/h8,11-12,16,19H,5-7,9-10,13-15,17-18H2,1-4H3,(H2,23,24,25);1H. The molecule has 1 heterocycles. The number of hydrogen-bond donors (Lipinski definition) is 2. The first-order chi connectivity index (χ1) is 13.1. The van der Waals surface area contributed by atoms with E-state index in [2.05, 4.69) is 70.6 Å². The smallest absolute Gasteiger partial charge is 0.191 e. The summed E-state index contributed by atoms with van der Waals surface area (Å²) in [5.41, 5.74) is 2.65. The number of hydrogen-bond acceptors (Lipinski definition) is 3. The molecule has 0 bridgehead atoms. The average molecular weight is 502 g/mol. The predicted octanol–water partition coefficient (Wildman–Crippen LogP) is 3.69. The summed E-state index contributed by atoms with van der Waals surface area (Å²) < 4.78 is 0. The van der Waals surface area contributed by atoms with Gasteiger partial charge in [0.2, 0.25) is 0 Å². The van der Waals surface area contributed by atoms with E-state index in [9.17, 15) is 0 Å². The lowest BCUT2D eigenvalue weighted by Gasteiger charge is -2.33. The van der Waals surface area contributed by atoms with Crippen LogP contribution in [0.25, 0.3) is 0 Å². The largest absolute Gasteiger partial charge is 0.356 e. The summed E-state index contributed by atoms with van der Waals surface area (Å²) in [6.45, 7) is 10.8. The summed E-state index contributed by atoms with van der Waals surface area (Å²) in [7, 11) is 4.00. The zero-order valence-electron chi connectivity index (χ0n) is 18.2. The van der Waals surface area contributed by atoms with E-state index in [1.54, 1.807) is 0 Å². The number of rotatable bonds is 9. The number of nitrogens with one attached hydrogen (secondary N) is 2. The molecule has 0 aliphatic carbocycles. The Morgan fingerprint density at radius 3 is 2.75 bits per heavy atom. The minimum absolute atomic E-state index is 0. The first-order valence-corrected chi connectivity index (χ1v) is 10.6. The van der Waals surface area contributed by atoms with Crippen LogP contribution in [-0.2, 0) is 13.1 Å². The van der Waals surface area contributed by atoms with E-state index in [1.807, 2.05) is 7.05 Å². The van der Waals surface area contributed by atoms with Crippen LogP contribution in [-0.4, -0.2) is 62.1 Å². The topological polar surface area (TPSA) is 42.9 Å². The number of likely N-dealkylation sites (tertiary alicyclic amines) is 1. The predicted molar refractivity (Wildman–Crippen MR) is 132 cm³/mol. The van der Waals surface area contributed by atoms with E-state index in [0.29, 0.717) is 0 Å². The number of guanidine groups is 1. The molecule has 160 valence electrons. The van der Waals surface area contributed by atoms with Gasteiger partial charge in [0.25, 0.3) is 0 Å². The SMILES string of the molecule is CCN(C)Cc1cccc(CNC(=NC)NCCCN2CCCCC2C)c1.I. The van der Waals surface area contributed by atoms with Gasteiger partial charge in [-0.05, 0) is 57.5 Å². The quantitative estimate of drug-likeness (QED) is 0.235. The molecule has 0 radical (unpaired) electrons. The van der Waals surface area contributed by atoms with Crippen molar-refractivity contribution in [1.82, 2.24) is 20.4 Å². The van der Waals surface area contributed by atoms with E-state index in [-0.39, 0.29) is 24.0 Å². The Hall–Kier alpha value is -0.860. The molecular weight excluding hydrogens is 461 g/mol. The zero-order valence-corrected chi connectivity index (χ0v) is 20.5. The van der Waals surface area contributed by atoms with Crippen molar-refractivity contribution in [2.24, 2.45) is 4.99 Å². The van der Waals surface area contributed by atoms with Gasteiger partial charge < -0.3 is 20.4 Å². The van der Waals surface area contributed by atoms with Crippen LogP contribution in [0, 0.1) is 0 Å². The third kappa shape index (κ3) is 9.09. The van der Waals surface area contributed by atoms with Crippen molar-refractivity contribution in [3.05, 3.63) is 35.4 Å². The summed E-state index contributed by atoms with van der Waals surface area (Å²) in [6.07, 6.45) is 5.25. The molecule has 2 N–H and O–H groups in total. The van der Waals surface area contributed by atoms with Gasteiger partial charge >= 0.3 is 0 Å². The summed E-state index contributed by atoms with van der Waals surface area (Å²) >= 11 is 0. The molecule has 5 nitrogen and oxygen atoms in total. The maximum absolute atomic E-state index is 4.36. The molecule has 1 fully saturated rings. The highest BCUT2D eigenvalue weighted by Crippen LogP contribution is 2.16. The van der Waals surface area contributed by atoms with Crippen molar-refractivity contribution in [2.45, 2.75) is 58.7 Å². The van der Waals surface area contributed by atoms with E-state index in [0.717, 1.165) is 44.6 Å². The molecule has 1 unspecified atom stereocenters. The lowest BCUT2D eigenvalue weighted by molar-refractivity contribution is 0.159. The van der Waals surface area contributed by atoms with Gasteiger partial charge in [0, 0.05) is 39.3 Å². The number of piperidine rings is 1. The van der Waals surface area contributed by atoms with Gasteiger partial charge in [-0.1, -0.05) is 37.6 Å². The molecule has 0 amide bonds. The fraction of sp³-hybridized carbons (Fsp3) is 0.682. The first kappa shape index (κ1) is 25.2. The Kier molecular flexibility index (Phi) is 12.7. The summed E-state index contributed by atoms with van der Waals surface area (Å²) in [6, 6.07) is 9.54. The third-order valence-corrected chi connectivity index (χ3v) is 5.52. The van der Waals surface area contributed by atoms with Crippen molar-refractivity contribution in [1.29, 1.82) is 0 Å². The van der Waals surface area contributed by atoms with E-state index < -0.39 is 0 Å². The van der Waals surface area contributed by atoms with E-state index >= 15 is 0 Å². The molecule has 1 aliphatic rings. The monoisotopic (exact) mass is 501 g/mol. The molecule has 2 rings (SSSR count). The fourth-order valence-electron chi connectivity index (χ4n) is 3.65. The van der Waals surface area contributed by atoms with Crippen LogP contribution in [0.15, 0.2) is 29.3 Å². The number of aliphatic imine (C=N–C) groups is 1. The second-order valence-corrected chi connectivity index (χ2v) is 7.74. The summed E-state index contributed by atoms with van der Waals surface area (Å²) in [5.74, 6) is 0.887. The Morgan fingerprint density at radius 2 is 2.04 bits per heavy atom. The normalized spacial score (nSPS) is 18.0. The maximum atomic E-state index is 4.36. The summed E-state index contributed by atoms with van der Waals surface area (Å²) in [5, 5.41) is 6.89. The number of nitrogens with zero attached hydrogens (tertiary/aromatic N) is 3. The molecule has 0 saturated carbocycles. The van der Waals surface area contributed by atoms with Gasteiger partial charge in [0.05, 0.1) is 0 Å². The van der Waals surface area contributed by atoms with Gasteiger partial charge in [-0.2, -0.15) is 0 Å². The lowest BCUT2D eigenvalue weighted by Crippen LogP contribution is -2.41. The van der Waals surface area contributed by atoms with Gasteiger partial charge in [-0.15, -0.1) is 24.0 Å². The highest BCUT2D eigenvalue weighted by molar-refractivity contribution is 14.0. The fourth-order valence-corrected chi connectivity index (χ4v) is 3.65. The Labute approximate surface area is 189 Å². The molecule has 0 aromatic heterocycles. The molecule has 1 aliphatic heterocycles. The molecule has 6 heteroatoms. The molecule has 1 aromatic rings. The molecule has 1 atom stereocenters. The third-order valence-electron chi connectivity index (χ3n) is 5.52. The second kappa shape index (κ2) is 14.2. The molecule has 0 spiro atoms. The van der Waals surface area contributed by atoms with Crippen LogP contribution in [0.4, 0.5) is 0 Å². The van der Waals surface area contributed by atoms with Crippen LogP contribution in [0.5, 0.6) is 0 Å². The molecule has 1 saturated heterocycles. The van der Waals surface area contributed by atoms with Crippen molar-refractivity contribution in [3.8, 4) is 0 Å². The molecule has 1 aromatic carbocycles. The van der Waals surface area contributed by atoms with Gasteiger partial charge in [-0.3, -0.25) is 4.99 Å². The Balaban J connectivity index is 0.00000392. The van der Waals surface area contributed by atoms with Gasteiger partial charge in [0.1, 0.15) is 0 Å². The Morgan fingerprint density at radius 1 is 1.25 bits per heavy atom. The van der Waals surface area contributed by atoms with Crippen LogP contribution in [0.2, 0.25) is 0 Å². The average Bonchev–Trinajstić information content (AvgIpc) is 2.69. The highest BCUT2D eigenvalue weighted by Gasteiger charge is 2.17. The van der Waals surface area contributed by atoms with Crippen molar-refractivity contribution in [2.75, 3.05) is 40.3 Å². The van der Waals surface area contributed by atoms with Gasteiger partial charge in [0.15, 0.2) is 5.96 Å². The van der Waals surface area contributed by atoms with Crippen LogP contribution in [0.1, 0.15) is 50.7 Å². The summed E-state index contributed by atoms with van der Waals surface area (Å²) in [4.78, 5) is 9.30. The number of benzene rings is 1. The molecular formula is C22H40IN5. The number of halogens is 1. The molecule has 28 heavy (non-hydrogen) atoms. The maximum Gasteiger partial charge on any atom is 0.191 e. The minimum atomic E-state index is 0. The van der Waals surface area contributed by atoms with E-state index in [4.69, 9.17) is 0 Å². The first-order valence-electron chi connectivity index (χ1n) is 10.6. The van der Waals surface area contributed by atoms with Crippen LogP contribution >= 0.6 is 24.0 Å². The van der Waals surface area contributed by atoms with Crippen LogP contribution in [0.3, 0.4) is 0 Å². The van der Waals surface area contributed by atoms with Gasteiger partial charge in [-0.25, -0.2) is 0 Å². The zero-order chi connectivity index (χ0) is 19.5. The van der Waals surface area contributed by atoms with Crippen molar-refractivity contribution >= 4 is 29.9 Å². The lowest BCUT2D eigenvalue weighted by atomic mass is 10.0. The minimum Gasteiger partial charge on any atom is -0.356 e. The highest BCUT2D eigenvalue weighted by atomic mass is 127. The second-order valence-electron chi connectivity index (χ2n) is 7.74. The van der Waals surface area contributed by atoms with Crippen molar-refractivity contribution < 1.29 is 0 Å². The van der Waals surface area contributed by atoms with Crippen molar-refractivity contribution in [3.63, 3.8) is 0 Å².